The fourth-order valence-electron chi connectivity index (χ4n) is 2.79. The van der Waals surface area contributed by atoms with Gasteiger partial charge in [-0.15, -0.1) is 0 Å². The number of amides is 1. The Morgan fingerprint density at radius 3 is 2.78 bits per heavy atom. The summed E-state index contributed by atoms with van der Waals surface area (Å²) < 4.78 is 7.19. The Kier molecular flexibility index (Phi) is 5.95. The van der Waals surface area contributed by atoms with Crippen molar-refractivity contribution in [1.29, 1.82) is 0 Å². The molecule has 0 saturated heterocycles. The van der Waals surface area contributed by atoms with Gasteiger partial charge < -0.3 is 9.84 Å². The van der Waals surface area contributed by atoms with Crippen molar-refractivity contribution in [2.24, 2.45) is 5.92 Å². The lowest BCUT2D eigenvalue weighted by Crippen LogP contribution is -2.30. The van der Waals surface area contributed by atoms with E-state index in [9.17, 15) is 4.79 Å². The van der Waals surface area contributed by atoms with Gasteiger partial charge in [-0.25, -0.2) is 0 Å². The van der Waals surface area contributed by atoms with Gasteiger partial charge in [0, 0.05) is 49.6 Å². The maximum atomic E-state index is 12.1. The lowest BCUT2D eigenvalue weighted by molar-refractivity contribution is -0.121. The van der Waals surface area contributed by atoms with E-state index >= 15 is 0 Å². The van der Waals surface area contributed by atoms with Gasteiger partial charge in [0.25, 0.3) is 0 Å². The number of pyridine rings is 1. The molecule has 1 amide bonds. The molecule has 8 nitrogen and oxygen atoms in total. The van der Waals surface area contributed by atoms with Crippen LogP contribution in [0.4, 0.5) is 0 Å². The van der Waals surface area contributed by atoms with E-state index in [0.717, 1.165) is 23.5 Å². The Bertz CT molecular complexity index is 887. The molecular formula is C19H24N6O2. The number of hydrogen-bond acceptors (Lipinski definition) is 6. The summed E-state index contributed by atoms with van der Waals surface area (Å²) in [7, 11) is 0. The van der Waals surface area contributed by atoms with Crippen molar-refractivity contribution >= 4 is 5.91 Å². The highest BCUT2D eigenvalue weighted by Gasteiger charge is 2.12. The molecule has 0 unspecified atom stereocenters. The van der Waals surface area contributed by atoms with Crippen LogP contribution in [0.3, 0.4) is 0 Å². The van der Waals surface area contributed by atoms with Crippen molar-refractivity contribution in [3.8, 4) is 11.4 Å². The first-order valence-corrected chi connectivity index (χ1v) is 9.02. The molecule has 1 atom stereocenters. The molecule has 8 heteroatoms. The highest BCUT2D eigenvalue weighted by Crippen LogP contribution is 2.14. The van der Waals surface area contributed by atoms with E-state index in [1.807, 2.05) is 30.7 Å². The van der Waals surface area contributed by atoms with Gasteiger partial charge in [-0.2, -0.15) is 10.1 Å². The number of rotatable bonds is 8. The highest BCUT2D eigenvalue weighted by molar-refractivity contribution is 5.76. The Labute approximate surface area is 158 Å². The third-order valence-electron chi connectivity index (χ3n) is 4.21. The molecule has 1 N–H and O–H groups in total. The topological polar surface area (TPSA) is 98.7 Å². The van der Waals surface area contributed by atoms with Crippen LogP contribution in [0.1, 0.15) is 30.6 Å². The summed E-state index contributed by atoms with van der Waals surface area (Å²) in [6.07, 6.45) is 4.07. The van der Waals surface area contributed by atoms with E-state index < -0.39 is 0 Å². The first-order valence-electron chi connectivity index (χ1n) is 9.02. The standard InChI is InChI=1S/C19H24N6O2/c1-13(12-25-15(3)10-14(2)23-25)11-21-17(26)4-5-18-22-19(24-27-18)16-6-8-20-9-7-16/h6-10,13H,4-5,11-12H2,1-3H3,(H,21,26)/t13-/m0/s1. The number of aryl methyl sites for hydroxylation is 3. The molecule has 27 heavy (non-hydrogen) atoms. The van der Waals surface area contributed by atoms with Gasteiger partial charge in [0.1, 0.15) is 0 Å². The fourth-order valence-corrected chi connectivity index (χ4v) is 2.79. The summed E-state index contributed by atoms with van der Waals surface area (Å²) >= 11 is 0. The van der Waals surface area contributed by atoms with Crippen molar-refractivity contribution in [3.05, 3.63) is 47.9 Å². The smallest absolute Gasteiger partial charge is 0.227 e. The predicted octanol–water partition coefficient (Wildman–Crippen LogP) is 2.33. The number of aromatic nitrogens is 5. The molecule has 0 aliphatic carbocycles. The second-order valence-electron chi connectivity index (χ2n) is 6.77. The summed E-state index contributed by atoms with van der Waals surface area (Å²) in [6, 6.07) is 5.67. The summed E-state index contributed by atoms with van der Waals surface area (Å²) in [6.45, 7) is 7.49. The quantitative estimate of drug-likeness (QED) is 0.655. The first kappa shape index (κ1) is 18.8. The number of carbonyl (C=O) groups excluding carboxylic acids is 1. The molecule has 0 fully saturated rings. The number of carbonyl (C=O) groups is 1. The summed E-state index contributed by atoms with van der Waals surface area (Å²) in [5.41, 5.74) is 2.98. The van der Waals surface area contributed by atoms with Gasteiger partial charge in [-0.3, -0.25) is 14.5 Å². The summed E-state index contributed by atoms with van der Waals surface area (Å²) in [4.78, 5) is 20.4. The average molecular weight is 368 g/mol. The molecule has 3 rings (SSSR count). The van der Waals surface area contributed by atoms with Crippen molar-refractivity contribution in [3.63, 3.8) is 0 Å². The van der Waals surface area contributed by atoms with Crippen LogP contribution in [-0.2, 0) is 17.8 Å². The van der Waals surface area contributed by atoms with Gasteiger partial charge in [0.2, 0.25) is 17.6 Å². The van der Waals surface area contributed by atoms with Crippen LogP contribution in [-0.4, -0.2) is 37.4 Å². The van der Waals surface area contributed by atoms with E-state index in [1.165, 1.54) is 0 Å². The van der Waals surface area contributed by atoms with Crippen molar-refractivity contribution < 1.29 is 9.32 Å². The van der Waals surface area contributed by atoms with Crippen LogP contribution in [0.25, 0.3) is 11.4 Å². The molecule has 3 aromatic heterocycles. The third kappa shape index (κ3) is 5.22. The van der Waals surface area contributed by atoms with Crippen LogP contribution in [0, 0.1) is 19.8 Å². The highest BCUT2D eigenvalue weighted by atomic mass is 16.5. The molecule has 0 saturated carbocycles. The molecule has 0 aliphatic heterocycles. The van der Waals surface area contributed by atoms with Crippen LogP contribution in [0.15, 0.2) is 35.1 Å². The van der Waals surface area contributed by atoms with Crippen molar-refractivity contribution in [1.82, 2.24) is 30.2 Å². The Hall–Kier alpha value is -3.03. The zero-order valence-corrected chi connectivity index (χ0v) is 15.8. The molecule has 0 bridgehead atoms. The SMILES string of the molecule is Cc1cc(C)n(C[C@@H](C)CNC(=O)CCc2nc(-c3ccncc3)no2)n1. The monoisotopic (exact) mass is 368 g/mol. The second-order valence-corrected chi connectivity index (χ2v) is 6.77. The molecule has 3 heterocycles. The predicted molar refractivity (Wildman–Crippen MR) is 99.7 cm³/mol. The molecular weight excluding hydrogens is 344 g/mol. The zero-order valence-electron chi connectivity index (χ0n) is 15.8. The van der Waals surface area contributed by atoms with Gasteiger partial charge in [0.15, 0.2) is 0 Å². The van der Waals surface area contributed by atoms with E-state index in [4.69, 9.17) is 4.52 Å². The summed E-state index contributed by atoms with van der Waals surface area (Å²) in [5, 5.41) is 11.4. The molecule has 142 valence electrons. The minimum Gasteiger partial charge on any atom is -0.356 e. The van der Waals surface area contributed by atoms with Crippen LogP contribution in [0.5, 0.6) is 0 Å². The largest absolute Gasteiger partial charge is 0.356 e. The van der Waals surface area contributed by atoms with E-state index in [1.54, 1.807) is 12.4 Å². The number of nitrogens with one attached hydrogen (secondary N) is 1. The molecule has 0 spiro atoms. The fraction of sp³-hybridized carbons (Fsp3) is 0.421. The first-order chi connectivity index (χ1) is 13.0. The maximum Gasteiger partial charge on any atom is 0.227 e. The summed E-state index contributed by atoms with van der Waals surface area (Å²) in [5.74, 6) is 1.21. The Balaban J connectivity index is 1.42. The van der Waals surface area contributed by atoms with Gasteiger partial charge in [0.05, 0.1) is 5.69 Å². The normalized spacial score (nSPS) is 12.1. The number of nitrogens with zero attached hydrogens (tertiary/aromatic N) is 5. The average Bonchev–Trinajstić information content (AvgIpc) is 3.25. The van der Waals surface area contributed by atoms with E-state index in [2.05, 4.69) is 38.5 Å². The van der Waals surface area contributed by atoms with Crippen molar-refractivity contribution in [2.75, 3.05) is 6.54 Å². The van der Waals surface area contributed by atoms with Crippen LogP contribution < -0.4 is 5.32 Å². The molecule has 0 aliphatic rings. The lowest BCUT2D eigenvalue weighted by Gasteiger charge is -2.13. The van der Waals surface area contributed by atoms with Crippen LogP contribution in [0.2, 0.25) is 0 Å². The van der Waals surface area contributed by atoms with Gasteiger partial charge >= 0.3 is 0 Å². The molecule has 0 radical (unpaired) electrons. The van der Waals surface area contributed by atoms with Crippen LogP contribution >= 0.6 is 0 Å². The van der Waals surface area contributed by atoms with Gasteiger partial charge in [-0.05, 0) is 38.0 Å². The Morgan fingerprint density at radius 2 is 2.07 bits per heavy atom. The van der Waals surface area contributed by atoms with Gasteiger partial charge in [-0.1, -0.05) is 12.1 Å². The minimum atomic E-state index is -0.0288. The Morgan fingerprint density at radius 1 is 1.30 bits per heavy atom. The third-order valence-corrected chi connectivity index (χ3v) is 4.21. The maximum absolute atomic E-state index is 12.1. The minimum absolute atomic E-state index is 0.0288. The molecule has 3 aromatic rings. The van der Waals surface area contributed by atoms with E-state index in [0.29, 0.717) is 31.1 Å². The molecule has 0 aromatic carbocycles. The lowest BCUT2D eigenvalue weighted by atomic mass is 10.1. The van der Waals surface area contributed by atoms with E-state index in [-0.39, 0.29) is 11.8 Å². The number of hydrogen-bond donors (Lipinski definition) is 1. The van der Waals surface area contributed by atoms with Crippen molar-refractivity contribution in [2.45, 2.75) is 40.2 Å². The zero-order chi connectivity index (χ0) is 19.2. The second kappa shape index (κ2) is 8.57.